The van der Waals surface area contributed by atoms with Crippen LogP contribution in [0.15, 0.2) is 24.4 Å². The van der Waals surface area contributed by atoms with Gasteiger partial charge >= 0.3 is 6.18 Å². The number of hydrogen-bond acceptors (Lipinski definition) is 4. The van der Waals surface area contributed by atoms with Gasteiger partial charge in [0.25, 0.3) is 5.91 Å². The zero-order chi connectivity index (χ0) is 17.5. The van der Waals surface area contributed by atoms with Gasteiger partial charge in [-0.2, -0.15) is 13.2 Å². The fourth-order valence-corrected chi connectivity index (χ4v) is 2.59. The minimum Gasteiger partial charge on any atom is -0.489 e. The number of ether oxygens (including phenoxy) is 2. The van der Waals surface area contributed by atoms with Crippen molar-refractivity contribution in [2.24, 2.45) is 7.05 Å². The fourth-order valence-electron chi connectivity index (χ4n) is 2.59. The highest BCUT2D eigenvalue weighted by atomic mass is 19.4. The Balaban J connectivity index is 2.05. The smallest absolute Gasteiger partial charge is 0.420 e. The molecule has 128 valence electrons. The molecule has 1 amide bonds. The summed E-state index contributed by atoms with van der Waals surface area (Å²) in [5.41, 5.74) is -0.659. The second kappa shape index (κ2) is 5.73. The maximum absolute atomic E-state index is 13.1. The standard InChI is InChI=1S/C15H14F3N3O3/c1-20-8-9(13(19-20)23-2)14(22)21-6-7-24-12-10(15(16,17)18)4-3-5-11(12)21/h3-5,8H,6-7H2,1-2H3. The molecule has 0 spiro atoms. The molecule has 1 aliphatic heterocycles. The highest BCUT2D eigenvalue weighted by molar-refractivity contribution is 6.08. The van der Waals surface area contributed by atoms with Gasteiger partial charge < -0.3 is 14.4 Å². The molecule has 0 atom stereocenters. The van der Waals surface area contributed by atoms with E-state index in [4.69, 9.17) is 9.47 Å². The number of halogens is 3. The summed E-state index contributed by atoms with van der Waals surface area (Å²) in [6.45, 7) is 0.0968. The fraction of sp³-hybridized carbons (Fsp3) is 0.333. The third-order valence-corrected chi connectivity index (χ3v) is 3.62. The van der Waals surface area contributed by atoms with Crippen molar-refractivity contribution >= 4 is 11.6 Å². The quantitative estimate of drug-likeness (QED) is 0.842. The van der Waals surface area contributed by atoms with E-state index in [-0.39, 0.29) is 36.0 Å². The van der Waals surface area contributed by atoms with Crippen molar-refractivity contribution in [2.75, 3.05) is 25.2 Å². The van der Waals surface area contributed by atoms with Gasteiger partial charge in [-0.1, -0.05) is 6.07 Å². The highest BCUT2D eigenvalue weighted by Crippen LogP contribution is 2.43. The van der Waals surface area contributed by atoms with Crippen LogP contribution < -0.4 is 14.4 Å². The number of anilines is 1. The molecule has 2 aromatic rings. The molecule has 2 heterocycles. The van der Waals surface area contributed by atoms with Crippen LogP contribution in [0.4, 0.5) is 18.9 Å². The summed E-state index contributed by atoms with van der Waals surface area (Å²) >= 11 is 0. The number of amides is 1. The number of hydrogen-bond donors (Lipinski definition) is 0. The molecule has 1 aliphatic rings. The Morgan fingerprint density at radius 3 is 2.79 bits per heavy atom. The molecular formula is C15H14F3N3O3. The number of carbonyl (C=O) groups is 1. The number of para-hydroxylation sites is 1. The topological polar surface area (TPSA) is 56.6 Å². The molecular weight excluding hydrogens is 327 g/mol. The van der Waals surface area contributed by atoms with Crippen molar-refractivity contribution in [1.29, 1.82) is 0 Å². The second-order valence-corrected chi connectivity index (χ2v) is 5.18. The number of carbonyl (C=O) groups excluding carboxylic acids is 1. The summed E-state index contributed by atoms with van der Waals surface area (Å²) in [4.78, 5) is 14.0. The third kappa shape index (κ3) is 2.66. The largest absolute Gasteiger partial charge is 0.489 e. The van der Waals surface area contributed by atoms with E-state index < -0.39 is 17.6 Å². The van der Waals surface area contributed by atoms with E-state index in [9.17, 15) is 18.0 Å². The lowest BCUT2D eigenvalue weighted by atomic mass is 10.1. The van der Waals surface area contributed by atoms with E-state index in [1.165, 1.54) is 35.0 Å². The average molecular weight is 341 g/mol. The van der Waals surface area contributed by atoms with Gasteiger partial charge in [-0.25, -0.2) is 0 Å². The number of fused-ring (bicyclic) bond motifs is 1. The molecule has 0 radical (unpaired) electrons. The molecule has 24 heavy (non-hydrogen) atoms. The summed E-state index contributed by atoms with van der Waals surface area (Å²) in [7, 11) is 2.99. The summed E-state index contributed by atoms with van der Waals surface area (Å²) in [6, 6.07) is 3.60. The SMILES string of the molecule is COc1nn(C)cc1C(=O)N1CCOc2c1cccc2C(F)(F)F. The van der Waals surface area contributed by atoms with Crippen molar-refractivity contribution in [1.82, 2.24) is 9.78 Å². The number of alkyl halides is 3. The second-order valence-electron chi connectivity index (χ2n) is 5.18. The van der Waals surface area contributed by atoms with Crippen LogP contribution in [-0.2, 0) is 13.2 Å². The van der Waals surface area contributed by atoms with Gasteiger partial charge in [0.1, 0.15) is 12.2 Å². The Kier molecular flexibility index (Phi) is 3.86. The minimum atomic E-state index is -4.57. The van der Waals surface area contributed by atoms with Crippen molar-refractivity contribution in [2.45, 2.75) is 6.18 Å². The number of benzene rings is 1. The number of nitrogens with zero attached hydrogens (tertiary/aromatic N) is 3. The molecule has 0 aliphatic carbocycles. The predicted octanol–water partition coefficient (Wildman–Crippen LogP) is 2.49. The first-order valence-electron chi connectivity index (χ1n) is 7.05. The van der Waals surface area contributed by atoms with E-state index in [2.05, 4.69) is 5.10 Å². The molecule has 0 saturated heterocycles. The lowest BCUT2D eigenvalue weighted by Gasteiger charge is -2.31. The van der Waals surface area contributed by atoms with Crippen LogP contribution in [0.3, 0.4) is 0 Å². The van der Waals surface area contributed by atoms with Gasteiger partial charge in [0.15, 0.2) is 5.75 Å². The molecule has 1 aromatic heterocycles. The lowest BCUT2D eigenvalue weighted by Crippen LogP contribution is -2.38. The molecule has 0 saturated carbocycles. The van der Waals surface area contributed by atoms with Crippen molar-refractivity contribution < 1.29 is 27.4 Å². The van der Waals surface area contributed by atoms with Crippen LogP contribution in [-0.4, -0.2) is 35.9 Å². The third-order valence-electron chi connectivity index (χ3n) is 3.62. The van der Waals surface area contributed by atoms with Crippen molar-refractivity contribution in [3.05, 3.63) is 35.5 Å². The summed E-state index contributed by atoms with van der Waals surface area (Å²) in [6.07, 6.45) is -3.10. The Labute approximate surface area is 135 Å². The zero-order valence-electron chi connectivity index (χ0n) is 12.9. The Morgan fingerprint density at radius 1 is 1.38 bits per heavy atom. The normalized spacial score (nSPS) is 14.1. The van der Waals surface area contributed by atoms with E-state index in [1.54, 1.807) is 7.05 Å². The Morgan fingerprint density at radius 2 is 2.12 bits per heavy atom. The maximum atomic E-state index is 13.1. The van der Waals surface area contributed by atoms with Gasteiger partial charge in [0, 0.05) is 13.2 Å². The molecule has 9 heteroatoms. The molecule has 1 aromatic carbocycles. The number of aromatic nitrogens is 2. The van der Waals surface area contributed by atoms with Gasteiger partial charge in [-0.05, 0) is 12.1 Å². The zero-order valence-corrected chi connectivity index (χ0v) is 12.9. The molecule has 6 nitrogen and oxygen atoms in total. The molecule has 0 N–H and O–H groups in total. The monoisotopic (exact) mass is 341 g/mol. The minimum absolute atomic E-state index is 0.0333. The van der Waals surface area contributed by atoms with Crippen LogP contribution >= 0.6 is 0 Å². The Hall–Kier alpha value is -2.71. The Bertz CT molecular complexity index is 786. The van der Waals surface area contributed by atoms with Crippen molar-refractivity contribution in [3.8, 4) is 11.6 Å². The van der Waals surface area contributed by atoms with Gasteiger partial charge in [-0.3, -0.25) is 9.48 Å². The predicted molar refractivity (Wildman–Crippen MR) is 78.4 cm³/mol. The summed E-state index contributed by atoms with van der Waals surface area (Å²) < 4.78 is 51.0. The van der Waals surface area contributed by atoms with Crippen LogP contribution in [0.25, 0.3) is 0 Å². The van der Waals surface area contributed by atoms with E-state index >= 15 is 0 Å². The van der Waals surface area contributed by atoms with Crippen LogP contribution in [0.5, 0.6) is 11.6 Å². The first-order chi connectivity index (χ1) is 11.3. The number of methoxy groups -OCH3 is 1. The van der Waals surface area contributed by atoms with Crippen molar-refractivity contribution in [3.63, 3.8) is 0 Å². The molecule has 0 unspecified atom stereocenters. The number of rotatable bonds is 2. The summed E-state index contributed by atoms with van der Waals surface area (Å²) in [5, 5.41) is 3.99. The molecule has 3 rings (SSSR count). The first kappa shape index (κ1) is 16.2. The lowest BCUT2D eigenvalue weighted by molar-refractivity contribution is -0.139. The van der Waals surface area contributed by atoms with Gasteiger partial charge in [0.05, 0.1) is 24.9 Å². The highest BCUT2D eigenvalue weighted by Gasteiger charge is 2.38. The van der Waals surface area contributed by atoms with Gasteiger partial charge in [0.2, 0.25) is 5.88 Å². The van der Waals surface area contributed by atoms with E-state index in [1.807, 2.05) is 0 Å². The first-order valence-corrected chi connectivity index (χ1v) is 7.05. The van der Waals surface area contributed by atoms with E-state index in [0.29, 0.717) is 0 Å². The average Bonchev–Trinajstić information content (AvgIpc) is 2.93. The summed E-state index contributed by atoms with van der Waals surface area (Å²) in [5.74, 6) is -0.723. The molecule has 0 bridgehead atoms. The van der Waals surface area contributed by atoms with Crippen LogP contribution in [0.1, 0.15) is 15.9 Å². The van der Waals surface area contributed by atoms with Crippen LogP contribution in [0.2, 0.25) is 0 Å². The van der Waals surface area contributed by atoms with Crippen LogP contribution in [0, 0.1) is 0 Å². The number of aryl methyl sites for hydroxylation is 1. The van der Waals surface area contributed by atoms with Gasteiger partial charge in [-0.15, -0.1) is 5.10 Å². The maximum Gasteiger partial charge on any atom is 0.420 e. The molecule has 0 fully saturated rings. The van der Waals surface area contributed by atoms with E-state index in [0.717, 1.165) is 6.07 Å².